The Hall–Kier alpha value is -2.62. The summed E-state index contributed by atoms with van der Waals surface area (Å²) in [5.41, 5.74) is 4.07. The number of rotatable bonds is 1. The van der Waals surface area contributed by atoms with Gasteiger partial charge in [-0.25, -0.2) is 9.50 Å². The summed E-state index contributed by atoms with van der Waals surface area (Å²) >= 11 is 0. The average molecular weight is 248 g/mol. The van der Waals surface area contributed by atoms with E-state index in [2.05, 4.69) is 33.3 Å². The Morgan fingerprint density at radius 1 is 1.05 bits per heavy atom. The van der Waals surface area contributed by atoms with Gasteiger partial charge in [0, 0.05) is 10.9 Å². The lowest BCUT2D eigenvalue weighted by molar-refractivity contribution is 0.935. The molecule has 1 N–H and O–H groups in total. The van der Waals surface area contributed by atoms with Gasteiger partial charge in [-0.2, -0.15) is 5.10 Å². The van der Waals surface area contributed by atoms with Crippen molar-refractivity contribution >= 4 is 16.6 Å². The Labute approximate surface area is 109 Å². The third-order valence-corrected chi connectivity index (χ3v) is 3.27. The summed E-state index contributed by atoms with van der Waals surface area (Å²) < 4.78 is 1.88. The molecule has 19 heavy (non-hydrogen) atoms. The molecule has 0 spiro atoms. The molecule has 1 aromatic carbocycles. The molecule has 4 rings (SSSR count). The normalized spacial score (nSPS) is 11.4. The molecule has 3 heterocycles. The molecule has 0 saturated heterocycles. The van der Waals surface area contributed by atoms with Gasteiger partial charge in [0.15, 0.2) is 5.65 Å². The third kappa shape index (κ3) is 1.53. The lowest BCUT2D eigenvalue weighted by atomic mass is 10.2. The van der Waals surface area contributed by atoms with E-state index in [4.69, 9.17) is 0 Å². The highest BCUT2D eigenvalue weighted by molar-refractivity contribution is 5.85. The van der Waals surface area contributed by atoms with Gasteiger partial charge in [0.25, 0.3) is 0 Å². The zero-order valence-corrected chi connectivity index (χ0v) is 10.5. The fourth-order valence-electron chi connectivity index (χ4n) is 2.43. The van der Waals surface area contributed by atoms with Gasteiger partial charge in [0.05, 0.1) is 11.4 Å². The number of hydrogen-bond donors (Lipinski definition) is 1. The smallest absolute Gasteiger partial charge is 0.156 e. The van der Waals surface area contributed by atoms with Crippen molar-refractivity contribution in [2.75, 3.05) is 0 Å². The Bertz CT molecular complexity index is 852. The molecule has 3 aromatic heterocycles. The van der Waals surface area contributed by atoms with Crippen molar-refractivity contribution < 1.29 is 0 Å². The van der Waals surface area contributed by atoms with E-state index in [1.165, 1.54) is 5.39 Å². The van der Waals surface area contributed by atoms with Crippen LogP contribution < -0.4 is 0 Å². The summed E-state index contributed by atoms with van der Waals surface area (Å²) in [4.78, 5) is 7.82. The summed E-state index contributed by atoms with van der Waals surface area (Å²) in [5.74, 6) is 0.781. The van der Waals surface area contributed by atoms with Gasteiger partial charge in [-0.3, -0.25) is 0 Å². The standard InChI is InChI=1S/C15H12N4/c1-10-16-15-8-4-7-14(19(15)18-10)13-9-11-5-2-3-6-12(11)17-13/h2-9,17H,1H3. The minimum Gasteiger partial charge on any atom is -0.353 e. The largest absolute Gasteiger partial charge is 0.353 e. The lowest BCUT2D eigenvalue weighted by Gasteiger charge is -2.00. The van der Waals surface area contributed by atoms with Crippen molar-refractivity contribution in [1.29, 1.82) is 0 Å². The van der Waals surface area contributed by atoms with E-state index in [0.717, 1.165) is 28.4 Å². The maximum absolute atomic E-state index is 4.45. The van der Waals surface area contributed by atoms with Crippen LogP contribution in [-0.4, -0.2) is 19.6 Å². The Kier molecular flexibility index (Phi) is 2.00. The van der Waals surface area contributed by atoms with Gasteiger partial charge in [-0.15, -0.1) is 0 Å². The molecule has 0 amide bonds. The lowest BCUT2D eigenvalue weighted by Crippen LogP contribution is -1.93. The summed E-state index contributed by atoms with van der Waals surface area (Å²) in [6.07, 6.45) is 0. The van der Waals surface area contributed by atoms with Gasteiger partial charge < -0.3 is 4.98 Å². The first-order valence-corrected chi connectivity index (χ1v) is 6.22. The van der Waals surface area contributed by atoms with Gasteiger partial charge in [-0.05, 0) is 31.2 Å². The number of fused-ring (bicyclic) bond motifs is 2. The molecule has 4 nitrogen and oxygen atoms in total. The molecule has 0 aliphatic heterocycles. The first-order chi connectivity index (χ1) is 9.31. The average Bonchev–Trinajstić information content (AvgIpc) is 2.99. The molecule has 0 aliphatic carbocycles. The maximum atomic E-state index is 4.45. The van der Waals surface area contributed by atoms with Crippen LogP contribution in [0, 0.1) is 6.92 Å². The molecular formula is C15H12N4. The van der Waals surface area contributed by atoms with Crippen molar-refractivity contribution in [2.45, 2.75) is 6.92 Å². The van der Waals surface area contributed by atoms with Gasteiger partial charge in [0.2, 0.25) is 0 Å². The topological polar surface area (TPSA) is 46.0 Å². The number of benzene rings is 1. The summed E-state index contributed by atoms with van der Waals surface area (Å²) in [6, 6.07) is 16.4. The molecule has 0 radical (unpaired) electrons. The number of nitrogens with zero attached hydrogens (tertiary/aromatic N) is 3. The number of aromatic amines is 1. The molecule has 0 aliphatic rings. The number of aromatic nitrogens is 4. The van der Waals surface area contributed by atoms with Gasteiger partial charge in [-0.1, -0.05) is 24.3 Å². The highest BCUT2D eigenvalue weighted by atomic mass is 15.3. The van der Waals surface area contributed by atoms with Gasteiger partial charge in [0.1, 0.15) is 5.82 Å². The Morgan fingerprint density at radius 3 is 2.84 bits per heavy atom. The summed E-state index contributed by atoms with van der Waals surface area (Å²) in [5, 5.41) is 5.65. The van der Waals surface area contributed by atoms with Crippen LogP contribution in [-0.2, 0) is 0 Å². The molecule has 0 bridgehead atoms. The van der Waals surface area contributed by atoms with Crippen LogP contribution >= 0.6 is 0 Å². The number of aryl methyl sites for hydroxylation is 1. The molecule has 0 fully saturated rings. The molecule has 4 heteroatoms. The number of hydrogen-bond acceptors (Lipinski definition) is 2. The van der Waals surface area contributed by atoms with Crippen molar-refractivity contribution in [3.05, 3.63) is 54.4 Å². The highest BCUT2D eigenvalue weighted by Crippen LogP contribution is 2.24. The van der Waals surface area contributed by atoms with E-state index in [0.29, 0.717) is 0 Å². The van der Waals surface area contributed by atoms with Gasteiger partial charge >= 0.3 is 0 Å². The molecule has 0 saturated carbocycles. The van der Waals surface area contributed by atoms with Crippen molar-refractivity contribution in [1.82, 2.24) is 19.6 Å². The molecule has 0 atom stereocenters. The highest BCUT2D eigenvalue weighted by Gasteiger charge is 2.08. The maximum Gasteiger partial charge on any atom is 0.156 e. The Balaban J connectivity index is 2.03. The van der Waals surface area contributed by atoms with Crippen molar-refractivity contribution in [2.24, 2.45) is 0 Å². The van der Waals surface area contributed by atoms with Crippen LogP contribution in [0.15, 0.2) is 48.5 Å². The van der Waals surface area contributed by atoms with Crippen molar-refractivity contribution in [3.8, 4) is 11.4 Å². The van der Waals surface area contributed by atoms with E-state index >= 15 is 0 Å². The number of nitrogens with one attached hydrogen (secondary N) is 1. The number of H-pyrrole nitrogens is 1. The van der Waals surface area contributed by atoms with E-state index in [1.807, 2.05) is 41.8 Å². The zero-order valence-electron chi connectivity index (χ0n) is 10.5. The minimum atomic E-state index is 0.781. The van der Waals surface area contributed by atoms with E-state index in [-0.39, 0.29) is 0 Å². The molecule has 92 valence electrons. The molecular weight excluding hydrogens is 236 g/mol. The fourth-order valence-corrected chi connectivity index (χ4v) is 2.43. The van der Waals surface area contributed by atoms with Crippen LogP contribution in [0.2, 0.25) is 0 Å². The SMILES string of the molecule is Cc1nc2cccc(-c3cc4ccccc4[nH]3)n2n1. The van der Waals surface area contributed by atoms with E-state index in [9.17, 15) is 0 Å². The number of para-hydroxylation sites is 1. The second-order valence-electron chi connectivity index (χ2n) is 4.61. The first-order valence-electron chi connectivity index (χ1n) is 6.22. The Morgan fingerprint density at radius 2 is 1.95 bits per heavy atom. The predicted octanol–water partition coefficient (Wildman–Crippen LogP) is 3.19. The molecule has 0 unspecified atom stereocenters. The first kappa shape index (κ1) is 10.3. The van der Waals surface area contributed by atoms with Crippen LogP contribution in [0.1, 0.15) is 5.82 Å². The minimum absolute atomic E-state index is 0.781. The summed E-state index contributed by atoms with van der Waals surface area (Å²) in [6.45, 7) is 1.90. The van der Waals surface area contributed by atoms with Crippen LogP contribution in [0.3, 0.4) is 0 Å². The third-order valence-electron chi connectivity index (χ3n) is 3.27. The second-order valence-corrected chi connectivity index (χ2v) is 4.61. The molecule has 4 aromatic rings. The van der Waals surface area contributed by atoms with Crippen LogP contribution in [0.25, 0.3) is 27.9 Å². The van der Waals surface area contributed by atoms with Crippen molar-refractivity contribution in [3.63, 3.8) is 0 Å². The van der Waals surface area contributed by atoms with Crippen LogP contribution in [0.4, 0.5) is 0 Å². The summed E-state index contributed by atoms with van der Waals surface area (Å²) in [7, 11) is 0. The van der Waals surface area contributed by atoms with E-state index < -0.39 is 0 Å². The monoisotopic (exact) mass is 248 g/mol. The zero-order chi connectivity index (χ0) is 12.8. The second kappa shape index (κ2) is 3.68. The van der Waals surface area contributed by atoms with Crippen LogP contribution in [0.5, 0.6) is 0 Å². The van der Waals surface area contributed by atoms with E-state index in [1.54, 1.807) is 0 Å². The quantitative estimate of drug-likeness (QED) is 0.562. The predicted molar refractivity (Wildman–Crippen MR) is 75.0 cm³/mol. The fraction of sp³-hybridized carbons (Fsp3) is 0.0667. The number of pyridine rings is 1.